The van der Waals surface area contributed by atoms with E-state index in [9.17, 15) is 0 Å². The number of fused-ring (bicyclic) bond motifs is 1. The van der Waals surface area contributed by atoms with Crippen LogP contribution in [0.3, 0.4) is 0 Å². The van der Waals surface area contributed by atoms with Crippen molar-refractivity contribution >= 4 is 10.8 Å². The standard InChI is InChI=1S/C17H15NO/c1-19-16-7-4-5-13(10-16)9-15-12-18-11-14-6-2-3-8-17(14)15/h2-8,10-12H,9H2,1H3. The molecule has 0 atom stereocenters. The highest BCUT2D eigenvalue weighted by molar-refractivity contribution is 5.84. The van der Waals surface area contributed by atoms with Crippen LogP contribution in [0.4, 0.5) is 0 Å². The highest BCUT2D eigenvalue weighted by atomic mass is 16.5. The maximum atomic E-state index is 5.26. The smallest absolute Gasteiger partial charge is 0.119 e. The molecule has 0 amide bonds. The van der Waals surface area contributed by atoms with Crippen molar-refractivity contribution in [2.24, 2.45) is 0 Å². The van der Waals surface area contributed by atoms with Gasteiger partial charge in [-0.25, -0.2) is 0 Å². The van der Waals surface area contributed by atoms with Crippen molar-refractivity contribution in [1.82, 2.24) is 4.98 Å². The molecule has 3 rings (SSSR count). The summed E-state index contributed by atoms with van der Waals surface area (Å²) in [5.41, 5.74) is 2.48. The van der Waals surface area contributed by atoms with Gasteiger partial charge in [0.2, 0.25) is 0 Å². The molecule has 0 radical (unpaired) electrons. The van der Waals surface area contributed by atoms with Crippen LogP contribution in [0.5, 0.6) is 5.75 Å². The second-order valence-corrected chi connectivity index (χ2v) is 4.55. The highest BCUT2D eigenvalue weighted by Crippen LogP contribution is 2.21. The molecule has 1 aromatic heterocycles. The molecule has 0 aliphatic carbocycles. The predicted molar refractivity (Wildman–Crippen MR) is 77.5 cm³/mol. The van der Waals surface area contributed by atoms with Gasteiger partial charge >= 0.3 is 0 Å². The van der Waals surface area contributed by atoms with Crippen LogP contribution < -0.4 is 4.74 Å². The number of methoxy groups -OCH3 is 1. The van der Waals surface area contributed by atoms with E-state index in [0.29, 0.717) is 0 Å². The average Bonchev–Trinajstić information content (AvgIpc) is 2.48. The summed E-state index contributed by atoms with van der Waals surface area (Å²) in [6.45, 7) is 0. The summed E-state index contributed by atoms with van der Waals surface area (Å²) < 4.78 is 5.26. The van der Waals surface area contributed by atoms with Crippen molar-refractivity contribution in [2.45, 2.75) is 6.42 Å². The molecule has 0 aliphatic rings. The van der Waals surface area contributed by atoms with Crippen molar-refractivity contribution in [3.63, 3.8) is 0 Å². The topological polar surface area (TPSA) is 22.1 Å². The highest BCUT2D eigenvalue weighted by Gasteiger charge is 2.03. The van der Waals surface area contributed by atoms with E-state index in [4.69, 9.17) is 4.74 Å². The lowest BCUT2D eigenvalue weighted by molar-refractivity contribution is 0.414. The molecule has 3 aromatic rings. The zero-order valence-electron chi connectivity index (χ0n) is 10.8. The zero-order chi connectivity index (χ0) is 13.1. The molecule has 0 bridgehead atoms. The number of hydrogen-bond donors (Lipinski definition) is 0. The number of ether oxygens (including phenoxy) is 1. The van der Waals surface area contributed by atoms with Gasteiger partial charge in [0.1, 0.15) is 5.75 Å². The van der Waals surface area contributed by atoms with Gasteiger partial charge in [-0.2, -0.15) is 0 Å². The third-order valence-corrected chi connectivity index (χ3v) is 3.28. The maximum Gasteiger partial charge on any atom is 0.119 e. The minimum absolute atomic E-state index is 0.867. The molecular formula is C17H15NO. The van der Waals surface area contributed by atoms with Crippen LogP contribution in [0.15, 0.2) is 60.9 Å². The predicted octanol–water partition coefficient (Wildman–Crippen LogP) is 3.83. The summed E-state index contributed by atoms with van der Waals surface area (Å²) in [5.74, 6) is 0.894. The third-order valence-electron chi connectivity index (χ3n) is 3.28. The molecule has 0 N–H and O–H groups in total. The minimum Gasteiger partial charge on any atom is -0.497 e. The van der Waals surface area contributed by atoms with Crippen LogP contribution in [0.25, 0.3) is 10.8 Å². The molecule has 19 heavy (non-hydrogen) atoms. The number of rotatable bonds is 3. The summed E-state index contributed by atoms with van der Waals surface area (Å²) in [4.78, 5) is 4.32. The quantitative estimate of drug-likeness (QED) is 0.703. The van der Waals surface area contributed by atoms with E-state index in [0.717, 1.165) is 12.2 Å². The molecule has 0 aliphatic heterocycles. The van der Waals surface area contributed by atoms with Crippen molar-refractivity contribution in [2.75, 3.05) is 7.11 Å². The lowest BCUT2D eigenvalue weighted by Crippen LogP contribution is -1.92. The van der Waals surface area contributed by atoms with Crippen LogP contribution >= 0.6 is 0 Å². The first-order chi connectivity index (χ1) is 9.36. The first-order valence-electron chi connectivity index (χ1n) is 6.31. The van der Waals surface area contributed by atoms with E-state index in [-0.39, 0.29) is 0 Å². The molecule has 1 heterocycles. The minimum atomic E-state index is 0.867. The van der Waals surface area contributed by atoms with E-state index in [2.05, 4.69) is 35.3 Å². The van der Waals surface area contributed by atoms with Crippen molar-refractivity contribution in [3.05, 3.63) is 72.1 Å². The van der Waals surface area contributed by atoms with E-state index >= 15 is 0 Å². The molecule has 2 heteroatoms. The lowest BCUT2D eigenvalue weighted by atomic mass is 10.0. The van der Waals surface area contributed by atoms with Gasteiger partial charge in [0.05, 0.1) is 7.11 Å². The van der Waals surface area contributed by atoms with E-state index < -0.39 is 0 Å². The zero-order valence-corrected chi connectivity index (χ0v) is 10.8. The van der Waals surface area contributed by atoms with Crippen LogP contribution in [-0.2, 0) is 6.42 Å². The Morgan fingerprint density at radius 1 is 1.00 bits per heavy atom. The van der Waals surface area contributed by atoms with Crippen molar-refractivity contribution in [1.29, 1.82) is 0 Å². The van der Waals surface area contributed by atoms with Gasteiger partial charge in [-0.3, -0.25) is 4.98 Å². The number of benzene rings is 2. The Labute approximate surface area is 112 Å². The van der Waals surface area contributed by atoms with E-state index in [1.807, 2.05) is 30.6 Å². The normalized spacial score (nSPS) is 10.6. The van der Waals surface area contributed by atoms with Crippen LogP contribution in [0, 0.1) is 0 Å². The summed E-state index contributed by atoms with van der Waals surface area (Å²) in [6.07, 6.45) is 4.72. The fourth-order valence-corrected chi connectivity index (χ4v) is 2.32. The largest absolute Gasteiger partial charge is 0.497 e. The molecule has 0 saturated carbocycles. The number of aromatic nitrogens is 1. The Kier molecular flexibility index (Phi) is 3.15. The Bertz CT molecular complexity index is 701. The molecule has 94 valence electrons. The number of hydrogen-bond acceptors (Lipinski definition) is 2. The maximum absolute atomic E-state index is 5.26. The van der Waals surface area contributed by atoms with E-state index in [1.54, 1.807) is 7.11 Å². The van der Waals surface area contributed by atoms with Gasteiger partial charge < -0.3 is 4.74 Å². The molecule has 2 nitrogen and oxygen atoms in total. The van der Waals surface area contributed by atoms with Gasteiger partial charge in [-0.15, -0.1) is 0 Å². The molecule has 0 spiro atoms. The Morgan fingerprint density at radius 3 is 2.79 bits per heavy atom. The van der Waals surface area contributed by atoms with Crippen LogP contribution in [0.1, 0.15) is 11.1 Å². The van der Waals surface area contributed by atoms with Crippen LogP contribution in [0.2, 0.25) is 0 Å². The molecule has 0 saturated heterocycles. The van der Waals surface area contributed by atoms with Gasteiger partial charge in [0.25, 0.3) is 0 Å². The van der Waals surface area contributed by atoms with Crippen molar-refractivity contribution in [3.8, 4) is 5.75 Å². The second kappa shape index (κ2) is 5.11. The van der Waals surface area contributed by atoms with Gasteiger partial charge in [0, 0.05) is 17.8 Å². The number of pyridine rings is 1. The molecule has 0 fully saturated rings. The monoisotopic (exact) mass is 249 g/mol. The van der Waals surface area contributed by atoms with Gasteiger partial charge in [-0.05, 0) is 35.1 Å². The first-order valence-corrected chi connectivity index (χ1v) is 6.31. The van der Waals surface area contributed by atoms with Gasteiger partial charge in [-0.1, -0.05) is 36.4 Å². The van der Waals surface area contributed by atoms with Crippen LogP contribution in [-0.4, -0.2) is 12.1 Å². The molecular weight excluding hydrogens is 234 g/mol. The molecule has 2 aromatic carbocycles. The van der Waals surface area contributed by atoms with Crippen molar-refractivity contribution < 1.29 is 4.74 Å². The van der Waals surface area contributed by atoms with Gasteiger partial charge in [0.15, 0.2) is 0 Å². The number of nitrogens with zero attached hydrogens (tertiary/aromatic N) is 1. The fourth-order valence-electron chi connectivity index (χ4n) is 2.32. The average molecular weight is 249 g/mol. The Balaban J connectivity index is 2.01. The Hall–Kier alpha value is -2.35. The third kappa shape index (κ3) is 2.43. The lowest BCUT2D eigenvalue weighted by Gasteiger charge is -2.07. The summed E-state index contributed by atoms with van der Waals surface area (Å²) in [5, 5.41) is 2.45. The first kappa shape index (κ1) is 11.7. The fraction of sp³-hybridized carbons (Fsp3) is 0.118. The second-order valence-electron chi connectivity index (χ2n) is 4.55. The van der Waals surface area contributed by atoms with E-state index in [1.165, 1.54) is 21.9 Å². The summed E-state index contributed by atoms with van der Waals surface area (Å²) >= 11 is 0. The summed E-state index contributed by atoms with van der Waals surface area (Å²) in [6, 6.07) is 16.5. The summed E-state index contributed by atoms with van der Waals surface area (Å²) in [7, 11) is 1.69. The molecule has 0 unspecified atom stereocenters. The Morgan fingerprint density at radius 2 is 1.89 bits per heavy atom. The SMILES string of the molecule is COc1cccc(Cc2cncc3ccccc23)c1.